The molecule has 0 bridgehead atoms. The third-order valence-electron chi connectivity index (χ3n) is 1.63. The smallest absolute Gasteiger partial charge is 0.239 e. The van der Waals surface area contributed by atoms with Crippen molar-refractivity contribution in [1.29, 1.82) is 0 Å². The molecule has 1 rings (SSSR count). The van der Waals surface area contributed by atoms with Crippen LogP contribution in [0.1, 0.15) is 26.6 Å². The van der Waals surface area contributed by atoms with Gasteiger partial charge in [0, 0.05) is 24.0 Å². The quantitative estimate of drug-likeness (QED) is 0.790. The van der Waals surface area contributed by atoms with Gasteiger partial charge in [-0.25, -0.2) is 4.98 Å². The van der Waals surface area contributed by atoms with E-state index in [1.54, 1.807) is 0 Å². The number of nitrogens with one attached hydrogen (secondary N) is 2. The molecule has 1 amide bonds. The standard InChI is InChI=1S/C9H16N4OS/c1-4-7-12-9(15-13-7)10-5-8(14)11-6(2)3/h6H,4-5H2,1-3H3,(H,11,14)(H,10,12,13). The van der Waals surface area contributed by atoms with Crippen molar-refractivity contribution in [2.75, 3.05) is 11.9 Å². The number of hydrogen-bond donors (Lipinski definition) is 2. The molecule has 0 aliphatic rings. The second-order valence-electron chi connectivity index (χ2n) is 3.45. The van der Waals surface area contributed by atoms with E-state index in [1.807, 2.05) is 20.8 Å². The molecule has 0 atom stereocenters. The van der Waals surface area contributed by atoms with Gasteiger partial charge >= 0.3 is 0 Å². The maximum atomic E-state index is 11.3. The zero-order chi connectivity index (χ0) is 11.3. The van der Waals surface area contributed by atoms with Gasteiger partial charge < -0.3 is 10.6 Å². The summed E-state index contributed by atoms with van der Waals surface area (Å²) in [6.45, 7) is 6.10. The number of nitrogens with zero attached hydrogens (tertiary/aromatic N) is 2. The molecule has 1 aromatic heterocycles. The third kappa shape index (κ3) is 4.24. The zero-order valence-electron chi connectivity index (χ0n) is 9.20. The van der Waals surface area contributed by atoms with Crippen LogP contribution in [0.2, 0.25) is 0 Å². The zero-order valence-corrected chi connectivity index (χ0v) is 10.0. The van der Waals surface area contributed by atoms with E-state index in [1.165, 1.54) is 11.5 Å². The summed E-state index contributed by atoms with van der Waals surface area (Å²) in [6, 6.07) is 0.167. The summed E-state index contributed by atoms with van der Waals surface area (Å²) < 4.78 is 4.11. The fourth-order valence-corrected chi connectivity index (χ4v) is 1.64. The molecule has 6 heteroatoms. The largest absolute Gasteiger partial charge is 0.352 e. The summed E-state index contributed by atoms with van der Waals surface area (Å²) in [4.78, 5) is 15.5. The Labute approximate surface area is 93.5 Å². The van der Waals surface area contributed by atoms with Crippen LogP contribution in [0, 0.1) is 0 Å². The van der Waals surface area contributed by atoms with E-state index in [9.17, 15) is 4.79 Å². The molecule has 2 N–H and O–H groups in total. The van der Waals surface area contributed by atoms with E-state index in [0.29, 0.717) is 5.13 Å². The fraction of sp³-hybridized carbons (Fsp3) is 0.667. The summed E-state index contributed by atoms with van der Waals surface area (Å²) in [7, 11) is 0. The predicted molar refractivity (Wildman–Crippen MR) is 61.1 cm³/mol. The van der Waals surface area contributed by atoms with E-state index in [0.717, 1.165) is 12.2 Å². The van der Waals surface area contributed by atoms with E-state index in [-0.39, 0.29) is 18.5 Å². The molecule has 15 heavy (non-hydrogen) atoms. The number of anilines is 1. The highest BCUT2D eigenvalue weighted by molar-refractivity contribution is 7.09. The summed E-state index contributed by atoms with van der Waals surface area (Å²) in [5.74, 6) is 0.782. The van der Waals surface area contributed by atoms with Crippen molar-refractivity contribution in [2.45, 2.75) is 33.2 Å². The number of hydrogen-bond acceptors (Lipinski definition) is 5. The van der Waals surface area contributed by atoms with Crippen molar-refractivity contribution in [2.24, 2.45) is 0 Å². The lowest BCUT2D eigenvalue weighted by atomic mass is 10.4. The highest BCUT2D eigenvalue weighted by Crippen LogP contribution is 2.10. The minimum atomic E-state index is -0.0294. The van der Waals surface area contributed by atoms with E-state index in [4.69, 9.17) is 0 Å². The number of amides is 1. The molecular formula is C9H16N4OS. The molecule has 1 aromatic rings. The van der Waals surface area contributed by atoms with Crippen molar-refractivity contribution < 1.29 is 4.79 Å². The molecule has 0 saturated carbocycles. The Balaban J connectivity index is 2.33. The average Bonchev–Trinajstić information content (AvgIpc) is 2.61. The van der Waals surface area contributed by atoms with Gasteiger partial charge in [-0.05, 0) is 13.8 Å². The lowest BCUT2D eigenvalue weighted by molar-refractivity contribution is -0.119. The van der Waals surface area contributed by atoms with Crippen molar-refractivity contribution in [3.05, 3.63) is 5.82 Å². The molecule has 0 radical (unpaired) electrons. The number of aromatic nitrogens is 2. The number of carbonyl (C=O) groups is 1. The monoisotopic (exact) mass is 228 g/mol. The van der Waals surface area contributed by atoms with Crippen LogP contribution in [-0.4, -0.2) is 27.9 Å². The van der Waals surface area contributed by atoms with Gasteiger partial charge in [0.25, 0.3) is 0 Å². The first-order valence-electron chi connectivity index (χ1n) is 4.97. The average molecular weight is 228 g/mol. The molecule has 0 aliphatic heterocycles. The molecule has 0 spiro atoms. The Morgan fingerprint density at radius 2 is 2.27 bits per heavy atom. The highest BCUT2D eigenvalue weighted by atomic mass is 32.1. The first kappa shape index (κ1) is 11.9. The van der Waals surface area contributed by atoms with Crippen LogP contribution in [0.25, 0.3) is 0 Å². The molecule has 0 aliphatic carbocycles. The lowest BCUT2D eigenvalue weighted by Gasteiger charge is -2.07. The van der Waals surface area contributed by atoms with Crippen LogP contribution in [0.15, 0.2) is 0 Å². The van der Waals surface area contributed by atoms with E-state index >= 15 is 0 Å². The van der Waals surface area contributed by atoms with Crippen molar-refractivity contribution in [3.63, 3.8) is 0 Å². The molecule has 0 unspecified atom stereocenters. The van der Waals surface area contributed by atoms with Gasteiger partial charge in [-0.2, -0.15) is 4.37 Å². The number of rotatable bonds is 5. The molecule has 0 fully saturated rings. The predicted octanol–water partition coefficient (Wildman–Crippen LogP) is 1.04. The lowest BCUT2D eigenvalue weighted by Crippen LogP contribution is -2.34. The Bertz CT molecular complexity index is 324. The Hall–Kier alpha value is -1.17. The second kappa shape index (κ2) is 5.65. The Morgan fingerprint density at radius 3 is 2.80 bits per heavy atom. The molecule has 84 valence electrons. The van der Waals surface area contributed by atoms with Crippen LogP contribution in [-0.2, 0) is 11.2 Å². The Morgan fingerprint density at radius 1 is 1.53 bits per heavy atom. The second-order valence-corrected chi connectivity index (χ2v) is 4.20. The van der Waals surface area contributed by atoms with Crippen LogP contribution in [0.3, 0.4) is 0 Å². The van der Waals surface area contributed by atoms with Gasteiger partial charge in [-0.1, -0.05) is 6.92 Å². The number of carbonyl (C=O) groups excluding carboxylic acids is 1. The third-order valence-corrected chi connectivity index (χ3v) is 2.34. The van der Waals surface area contributed by atoms with Gasteiger partial charge in [0.2, 0.25) is 11.0 Å². The van der Waals surface area contributed by atoms with Gasteiger partial charge in [-0.3, -0.25) is 4.79 Å². The topological polar surface area (TPSA) is 66.9 Å². The van der Waals surface area contributed by atoms with Crippen molar-refractivity contribution in [1.82, 2.24) is 14.7 Å². The summed E-state index contributed by atoms with van der Waals surface area (Å²) >= 11 is 1.28. The molecule has 0 saturated heterocycles. The molecule has 0 aromatic carbocycles. The van der Waals surface area contributed by atoms with Crippen molar-refractivity contribution in [3.8, 4) is 0 Å². The van der Waals surface area contributed by atoms with Crippen LogP contribution < -0.4 is 10.6 Å². The fourth-order valence-electron chi connectivity index (χ4n) is 0.998. The minimum Gasteiger partial charge on any atom is -0.352 e. The van der Waals surface area contributed by atoms with E-state index < -0.39 is 0 Å². The number of aryl methyl sites for hydroxylation is 1. The normalized spacial score (nSPS) is 10.4. The van der Waals surface area contributed by atoms with Gasteiger partial charge in [0.1, 0.15) is 5.82 Å². The molecule has 1 heterocycles. The van der Waals surface area contributed by atoms with Crippen LogP contribution >= 0.6 is 11.5 Å². The summed E-state index contributed by atoms with van der Waals surface area (Å²) in [6.07, 6.45) is 0.816. The molecule has 5 nitrogen and oxygen atoms in total. The van der Waals surface area contributed by atoms with Gasteiger partial charge in [0.15, 0.2) is 0 Å². The van der Waals surface area contributed by atoms with Crippen LogP contribution in [0.4, 0.5) is 5.13 Å². The minimum absolute atomic E-state index is 0.0294. The van der Waals surface area contributed by atoms with Crippen molar-refractivity contribution >= 4 is 22.6 Å². The summed E-state index contributed by atoms with van der Waals surface area (Å²) in [5.41, 5.74) is 0. The maximum Gasteiger partial charge on any atom is 0.239 e. The van der Waals surface area contributed by atoms with E-state index in [2.05, 4.69) is 20.0 Å². The van der Waals surface area contributed by atoms with Crippen LogP contribution in [0.5, 0.6) is 0 Å². The van der Waals surface area contributed by atoms with Gasteiger partial charge in [0.05, 0.1) is 6.54 Å². The highest BCUT2D eigenvalue weighted by Gasteiger charge is 2.05. The molecular weight excluding hydrogens is 212 g/mol. The first-order valence-corrected chi connectivity index (χ1v) is 5.75. The Kier molecular flexibility index (Phi) is 4.48. The van der Waals surface area contributed by atoms with Gasteiger partial charge in [-0.15, -0.1) is 0 Å². The first-order chi connectivity index (χ1) is 7.11. The SMILES string of the molecule is CCc1nsc(NCC(=O)NC(C)C)n1. The maximum absolute atomic E-state index is 11.3. The summed E-state index contributed by atoms with van der Waals surface area (Å²) in [5, 5.41) is 6.43.